The first kappa shape index (κ1) is 23.5. The highest BCUT2D eigenvalue weighted by molar-refractivity contribution is 5.91. The quantitative estimate of drug-likeness (QED) is 0.391. The molecule has 0 aliphatic rings. The summed E-state index contributed by atoms with van der Waals surface area (Å²) in [6.45, 7) is 9.68. The van der Waals surface area contributed by atoms with Crippen molar-refractivity contribution in [2.45, 2.75) is 52.1 Å². The molecule has 168 valence electrons. The minimum absolute atomic E-state index is 0.0335. The van der Waals surface area contributed by atoms with Crippen molar-refractivity contribution in [3.8, 4) is 0 Å². The van der Waals surface area contributed by atoms with Crippen LogP contribution in [0, 0.1) is 0 Å². The molecule has 0 spiro atoms. The lowest BCUT2D eigenvalue weighted by atomic mass is 9.93. The number of pyridine rings is 1. The lowest BCUT2D eigenvalue weighted by molar-refractivity contribution is 0.250. The van der Waals surface area contributed by atoms with E-state index in [0.29, 0.717) is 24.9 Å². The lowest BCUT2D eigenvalue weighted by Gasteiger charge is -2.22. The van der Waals surface area contributed by atoms with Gasteiger partial charge in [-0.2, -0.15) is 0 Å². The van der Waals surface area contributed by atoms with Crippen LogP contribution in [0.1, 0.15) is 68.0 Å². The molecule has 0 aliphatic carbocycles. The van der Waals surface area contributed by atoms with Gasteiger partial charge in [-0.3, -0.25) is 4.98 Å². The number of anilines is 1. The molecule has 1 atom stereocenters. The van der Waals surface area contributed by atoms with E-state index in [0.717, 1.165) is 28.1 Å². The highest BCUT2D eigenvalue weighted by atomic mass is 16.2. The molecule has 5 nitrogen and oxygen atoms in total. The van der Waals surface area contributed by atoms with Crippen LogP contribution in [0.2, 0.25) is 0 Å². The number of hydrogen-bond donors (Lipinski definition) is 3. The van der Waals surface area contributed by atoms with Crippen LogP contribution < -0.4 is 16.0 Å². The van der Waals surface area contributed by atoms with Gasteiger partial charge in [0.2, 0.25) is 0 Å². The molecular weight excluding hydrogens is 396 g/mol. The summed E-state index contributed by atoms with van der Waals surface area (Å²) in [4.78, 5) is 17.3. The van der Waals surface area contributed by atoms with Crippen molar-refractivity contribution in [3.05, 3.63) is 95.3 Å². The number of carbonyl (C=O) groups excluding carboxylic acids is 1. The molecule has 0 bridgehead atoms. The summed E-state index contributed by atoms with van der Waals surface area (Å²) in [7, 11) is 0. The number of carbonyl (C=O) groups is 1. The number of benzene rings is 2. The molecule has 3 N–H and O–H groups in total. The average Bonchev–Trinajstić information content (AvgIpc) is 2.80. The number of nitrogens with zero attached hydrogens (tertiary/aromatic N) is 1. The van der Waals surface area contributed by atoms with Crippen LogP contribution in [0.3, 0.4) is 0 Å². The van der Waals surface area contributed by atoms with Gasteiger partial charge >= 0.3 is 6.03 Å². The fraction of sp³-hybridized carbons (Fsp3) is 0.333. The van der Waals surface area contributed by atoms with Crippen LogP contribution >= 0.6 is 0 Å². The minimum atomic E-state index is -0.194. The molecule has 0 aliphatic heterocycles. The molecule has 0 saturated carbocycles. The zero-order valence-corrected chi connectivity index (χ0v) is 19.4. The molecule has 1 heterocycles. The summed E-state index contributed by atoms with van der Waals surface area (Å²) in [6, 6.07) is 22.1. The second-order valence-corrected chi connectivity index (χ2v) is 8.62. The molecule has 2 aromatic carbocycles. The Kier molecular flexibility index (Phi) is 8.40. The molecule has 32 heavy (non-hydrogen) atoms. The van der Waals surface area contributed by atoms with E-state index in [1.807, 2.05) is 36.4 Å². The maximum atomic E-state index is 12.9. The molecule has 0 unspecified atom stereocenters. The Hall–Kier alpha value is -3.18. The third kappa shape index (κ3) is 6.41. The van der Waals surface area contributed by atoms with Gasteiger partial charge in [0.25, 0.3) is 0 Å². The number of nitrogens with one attached hydrogen (secondary N) is 3. The van der Waals surface area contributed by atoms with Gasteiger partial charge in [0.15, 0.2) is 0 Å². The molecular formula is C27H34N4O. The van der Waals surface area contributed by atoms with Gasteiger partial charge in [-0.25, -0.2) is 4.79 Å². The zero-order chi connectivity index (χ0) is 22.9. The Balaban J connectivity index is 1.70. The first-order valence-corrected chi connectivity index (χ1v) is 11.3. The molecule has 0 saturated heterocycles. The number of amides is 2. The van der Waals surface area contributed by atoms with Crippen LogP contribution in [0.4, 0.5) is 10.5 Å². The van der Waals surface area contributed by atoms with Crippen molar-refractivity contribution in [2.24, 2.45) is 0 Å². The predicted molar refractivity (Wildman–Crippen MR) is 132 cm³/mol. The highest BCUT2D eigenvalue weighted by Gasteiger charge is 2.17. The minimum Gasteiger partial charge on any atom is -0.336 e. The van der Waals surface area contributed by atoms with E-state index >= 15 is 0 Å². The van der Waals surface area contributed by atoms with Crippen molar-refractivity contribution < 1.29 is 4.79 Å². The first-order chi connectivity index (χ1) is 15.5. The van der Waals surface area contributed by atoms with Crippen LogP contribution in [0.5, 0.6) is 0 Å². The van der Waals surface area contributed by atoms with E-state index in [1.54, 1.807) is 6.20 Å². The SMILES string of the molecule is CC(C)c1cccc(C(C)C)c1NC(=O)NC[C@@H](NCc1ccccn1)c1ccccc1. The molecule has 0 radical (unpaired) electrons. The maximum absolute atomic E-state index is 12.9. The Morgan fingerprint density at radius 3 is 2.09 bits per heavy atom. The topological polar surface area (TPSA) is 66.1 Å². The van der Waals surface area contributed by atoms with Crippen molar-refractivity contribution >= 4 is 11.7 Å². The Morgan fingerprint density at radius 1 is 0.844 bits per heavy atom. The van der Waals surface area contributed by atoms with Crippen molar-refractivity contribution in [1.29, 1.82) is 0 Å². The number of para-hydroxylation sites is 1. The maximum Gasteiger partial charge on any atom is 0.319 e. The fourth-order valence-electron chi connectivity index (χ4n) is 3.77. The fourth-order valence-corrected chi connectivity index (χ4v) is 3.77. The van der Waals surface area contributed by atoms with E-state index < -0.39 is 0 Å². The van der Waals surface area contributed by atoms with E-state index in [9.17, 15) is 4.79 Å². The van der Waals surface area contributed by atoms with E-state index in [2.05, 4.69) is 79.0 Å². The highest BCUT2D eigenvalue weighted by Crippen LogP contribution is 2.32. The van der Waals surface area contributed by atoms with Crippen LogP contribution in [0.25, 0.3) is 0 Å². The van der Waals surface area contributed by atoms with Crippen LogP contribution in [-0.4, -0.2) is 17.6 Å². The van der Waals surface area contributed by atoms with Gasteiger partial charge in [-0.05, 0) is 40.7 Å². The normalized spacial score (nSPS) is 12.1. The Labute approximate surface area is 191 Å². The number of hydrogen-bond acceptors (Lipinski definition) is 3. The first-order valence-electron chi connectivity index (χ1n) is 11.3. The molecule has 3 aromatic rings. The molecule has 5 heteroatoms. The van der Waals surface area contributed by atoms with Crippen LogP contribution in [0.15, 0.2) is 72.9 Å². The number of urea groups is 1. The van der Waals surface area contributed by atoms with Gasteiger partial charge < -0.3 is 16.0 Å². The van der Waals surface area contributed by atoms with E-state index in [-0.39, 0.29) is 12.1 Å². The summed E-state index contributed by atoms with van der Waals surface area (Å²) in [5, 5.41) is 9.72. The number of aromatic nitrogens is 1. The van der Waals surface area contributed by atoms with Gasteiger partial charge in [-0.15, -0.1) is 0 Å². The van der Waals surface area contributed by atoms with Gasteiger partial charge in [0.1, 0.15) is 0 Å². The average molecular weight is 431 g/mol. The summed E-state index contributed by atoms with van der Waals surface area (Å²) < 4.78 is 0. The molecule has 1 aromatic heterocycles. The monoisotopic (exact) mass is 430 g/mol. The van der Waals surface area contributed by atoms with E-state index in [1.165, 1.54) is 0 Å². The summed E-state index contributed by atoms with van der Waals surface area (Å²) in [5.41, 5.74) is 5.31. The third-order valence-corrected chi connectivity index (χ3v) is 5.54. The van der Waals surface area contributed by atoms with Crippen molar-refractivity contribution in [2.75, 3.05) is 11.9 Å². The van der Waals surface area contributed by atoms with Crippen molar-refractivity contribution in [1.82, 2.24) is 15.6 Å². The molecule has 2 amide bonds. The summed E-state index contributed by atoms with van der Waals surface area (Å²) in [6.07, 6.45) is 1.79. The zero-order valence-electron chi connectivity index (χ0n) is 19.4. The Bertz CT molecular complexity index is 961. The largest absolute Gasteiger partial charge is 0.336 e. The van der Waals surface area contributed by atoms with Gasteiger partial charge in [0, 0.05) is 25.0 Å². The summed E-state index contributed by atoms with van der Waals surface area (Å²) in [5.74, 6) is 0.641. The summed E-state index contributed by atoms with van der Waals surface area (Å²) >= 11 is 0. The van der Waals surface area contributed by atoms with Crippen LogP contribution in [-0.2, 0) is 6.54 Å². The van der Waals surface area contributed by atoms with Crippen molar-refractivity contribution in [3.63, 3.8) is 0 Å². The van der Waals surface area contributed by atoms with E-state index in [4.69, 9.17) is 0 Å². The van der Waals surface area contributed by atoms with Gasteiger partial charge in [-0.1, -0.05) is 82.3 Å². The molecule has 0 fully saturated rings. The second kappa shape index (κ2) is 11.4. The lowest BCUT2D eigenvalue weighted by Crippen LogP contribution is -2.37. The third-order valence-electron chi connectivity index (χ3n) is 5.54. The predicted octanol–water partition coefficient (Wildman–Crippen LogP) is 5.98. The Morgan fingerprint density at radius 2 is 1.50 bits per heavy atom. The molecule has 3 rings (SSSR count). The van der Waals surface area contributed by atoms with Gasteiger partial charge in [0.05, 0.1) is 11.7 Å². The standard InChI is InChI=1S/C27H34N4O/c1-19(2)23-14-10-15-24(20(3)4)26(23)31-27(32)30-18-25(21-11-6-5-7-12-21)29-17-22-13-8-9-16-28-22/h5-16,19-20,25,29H,17-18H2,1-4H3,(H2,30,31,32)/t25-/m1/s1. The smallest absolute Gasteiger partial charge is 0.319 e. The second-order valence-electron chi connectivity index (χ2n) is 8.62. The number of rotatable bonds is 9.